The molecule has 3 rings (SSSR count). The topological polar surface area (TPSA) is 96.0 Å². The van der Waals surface area contributed by atoms with Crippen molar-refractivity contribution >= 4 is 34.1 Å². The molecule has 0 aliphatic heterocycles. The molecule has 7 nitrogen and oxygen atoms in total. The number of nitrogens with zero attached hydrogens (tertiary/aromatic N) is 2. The Labute approximate surface area is 160 Å². The van der Waals surface area contributed by atoms with Crippen LogP contribution in [0.2, 0.25) is 0 Å². The van der Waals surface area contributed by atoms with E-state index in [0.717, 1.165) is 11.6 Å². The third-order valence-electron chi connectivity index (χ3n) is 3.40. The first-order valence-corrected chi connectivity index (χ1v) is 8.66. The molecule has 0 aliphatic rings. The molecule has 0 spiro atoms. The summed E-state index contributed by atoms with van der Waals surface area (Å²) in [5.41, 5.74) is 0.868. The molecule has 0 atom stereocenters. The van der Waals surface area contributed by atoms with Gasteiger partial charge in [-0.3, -0.25) is 15.1 Å². The lowest BCUT2D eigenvalue weighted by molar-refractivity contribution is -0.115. The maximum absolute atomic E-state index is 13.5. The molecule has 144 valence electrons. The molecule has 0 radical (unpaired) electrons. The molecular formula is C17H12F3N5O2S. The monoisotopic (exact) mass is 407 g/mol. The summed E-state index contributed by atoms with van der Waals surface area (Å²) in [6, 6.07) is 4.40. The number of anilines is 2. The van der Waals surface area contributed by atoms with Gasteiger partial charge in [0.05, 0.1) is 17.9 Å². The number of hydrogen-bond acceptors (Lipinski definition) is 5. The van der Waals surface area contributed by atoms with E-state index in [1.54, 1.807) is 23.8 Å². The van der Waals surface area contributed by atoms with Crippen LogP contribution in [-0.4, -0.2) is 28.5 Å². The number of amides is 3. The van der Waals surface area contributed by atoms with Crippen molar-refractivity contribution in [3.63, 3.8) is 0 Å². The third kappa shape index (κ3) is 4.62. The minimum absolute atomic E-state index is 0.295. The van der Waals surface area contributed by atoms with Crippen molar-refractivity contribution in [2.24, 2.45) is 0 Å². The molecule has 1 aromatic carbocycles. The molecule has 3 N–H and O–H groups in total. The van der Waals surface area contributed by atoms with Crippen LogP contribution in [0.5, 0.6) is 0 Å². The minimum atomic E-state index is -1.70. The molecule has 0 unspecified atom stereocenters. The van der Waals surface area contributed by atoms with Crippen molar-refractivity contribution < 1.29 is 22.8 Å². The second-order valence-electron chi connectivity index (χ2n) is 5.36. The molecule has 0 saturated carbocycles. The summed E-state index contributed by atoms with van der Waals surface area (Å²) in [6.45, 7) is -0.523. The minimum Gasteiger partial charge on any atom is -0.329 e. The molecule has 3 aromatic rings. The van der Waals surface area contributed by atoms with Crippen LogP contribution in [0.1, 0.15) is 0 Å². The number of carbonyl (C=O) groups is 2. The summed E-state index contributed by atoms with van der Waals surface area (Å²) in [5, 5.41) is 8.76. The quantitative estimate of drug-likeness (QED) is 0.565. The van der Waals surface area contributed by atoms with E-state index >= 15 is 0 Å². The fourth-order valence-electron chi connectivity index (χ4n) is 2.10. The average molecular weight is 407 g/mol. The highest BCUT2D eigenvalue weighted by Gasteiger charge is 2.16. The number of carbonyl (C=O) groups excluding carboxylic acids is 2. The zero-order chi connectivity index (χ0) is 20.1. The highest BCUT2D eigenvalue weighted by atomic mass is 32.1. The van der Waals surface area contributed by atoms with Gasteiger partial charge in [0.15, 0.2) is 22.6 Å². The van der Waals surface area contributed by atoms with Gasteiger partial charge in [0, 0.05) is 23.3 Å². The standard InChI is InChI=1S/C17H12F3N5O2S/c18-10-3-4-11(15(20)14(10)19)23-13(26)7-22-16(27)25-17-24-12(8-28-17)9-2-1-5-21-6-9/h1-6,8H,7H2,(H,23,26)(H2,22,24,25,27). The number of aromatic nitrogens is 2. The predicted octanol–water partition coefficient (Wildman–Crippen LogP) is 3.38. The number of halogens is 3. The SMILES string of the molecule is O=C(CNC(=O)Nc1nc(-c2cccnc2)cs1)Nc1ccc(F)c(F)c1F. The van der Waals surface area contributed by atoms with Crippen LogP contribution in [0.3, 0.4) is 0 Å². The van der Waals surface area contributed by atoms with Crippen molar-refractivity contribution in [2.45, 2.75) is 0 Å². The van der Waals surface area contributed by atoms with Crippen molar-refractivity contribution in [1.29, 1.82) is 0 Å². The number of hydrogen-bond donors (Lipinski definition) is 3. The Kier molecular flexibility index (Phi) is 5.84. The van der Waals surface area contributed by atoms with Crippen LogP contribution in [-0.2, 0) is 4.79 Å². The molecule has 0 bridgehead atoms. The molecule has 2 heterocycles. The van der Waals surface area contributed by atoms with E-state index in [9.17, 15) is 22.8 Å². The highest BCUT2D eigenvalue weighted by Crippen LogP contribution is 2.24. The molecule has 3 amide bonds. The smallest absolute Gasteiger partial charge is 0.321 e. The number of pyridine rings is 1. The lowest BCUT2D eigenvalue weighted by Crippen LogP contribution is -2.35. The van der Waals surface area contributed by atoms with Gasteiger partial charge in [-0.15, -0.1) is 11.3 Å². The zero-order valence-electron chi connectivity index (χ0n) is 14.0. The molecule has 11 heteroatoms. The summed E-state index contributed by atoms with van der Waals surface area (Å²) in [7, 11) is 0. The number of thiazole rings is 1. The average Bonchev–Trinajstić information content (AvgIpc) is 3.16. The lowest BCUT2D eigenvalue weighted by Gasteiger charge is -2.08. The first-order valence-electron chi connectivity index (χ1n) is 7.78. The maximum atomic E-state index is 13.5. The van der Waals surface area contributed by atoms with Gasteiger partial charge in [0.2, 0.25) is 5.91 Å². The van der Waals surface area contributed by atoms with Crippen molar-refractivity contribution in [1.82, 2.24) is 15.3 Å². The third-order valence-corrected chi connectivity index (χ3v) is 4.16. The van der Waals surface area contributed by atoms with E-state index in [1.165, 1.54) is 11.3 Å². The first-order chi connectivity index (χ1) is 13.4. The van der Waals surface area contributed by atoms with Gasteiger partial charge in [-0.1, -0.05) is 0 Å². The second kappa shape index (κ2) is 8.48. The summed E-state index contributed by atoms with van der Waals surface area (Å²) in [4.78, 5) is 31.8. The van der Waals surface area contributed by atoms with Gasteiger partial charge >= 0.3 is 6.03 Å². The van der Waals surface area contributed by atoms with Crippen LogP contribution in [0, 0.1) is 17.5 Å². The molecule has 0 fully saturated rings. The Hall–Kier alpha value is -3.47. The van der Waals surface area contributed by atoms with E-state index in [-0.39, 0.29) is 0 Å². The van der Waals surface area contributed by atoms with Gasteiger partial charge in [-0.25, -0.2) is 22.9 Å². The summed E-state index contributed by atoms with van der Waals surface area (Å²) >= 11 is 1.18. The lowest BCUT2D eigenvalue weighted by atomic mass is 10.2. The Balaban J connectivity index is 1.51. The van der Waals surface area contributed by atoms with E-state index in [2.05, 4.69) is 20.6 Å². The molecule has 2 aromatic heterocycles. The Morgan fingerprint density at radius 1 is 1.07 bits per heavy atom. The number of nitrogens with one attached hydrogen (secondary N) is 3. The highest BCUT2D eigenvalue weighted by molar-refractivity contribution is 7.14. The molecule has 0 aliphatic carbocycles. The fourth-order valence-corrected chi connectivity index (χ4v) is 2.81. The first kappa shape index (κ1) is 19.3. The molecule has 0 saturated heterocycles. The second-order valence-corrected chi connectivity index (χ2v) is 6.22. The number of benzene rings is 1. The van der Waals surface area contributed by atoms with Crippen molar-refractivity contribution in [3.05, 3.63) is 59.5 Å². The maximum Gasteiger partial charge on any atom is 0.321 e. The summed E-state index contributed by atoms with van der Waals surface area (Å²) in [6.07, 6.45) is 3.25. The Bertz CT molecular complexity index is 1010. The summed E-state index contributed by atoms with van der Waals surface area (Å²) < 4.78 is 39.5. The Morgan fingerprint density at radius 3 is 2.64 bits per heavy atom. The number of urea groups is 1. The van der Waals surface area contributed by atoms with E-state index < -0.39 is 41.6 Å². The van der Waals surface area contributed by atoms with E-state index in [0.29, 0.717) is 16.9 Å². The summed E-state index contributed by atoms with van der Waals surface area (Å²) in [5.74, 6) is -5.42. The molecular weight excluding hydrogens is 395 g/mol. The van der Waals surface area contributed by atoms with Gasteiger partial charge in [-0.05, 0) is 24.3 Å². The Morgan fingerprint density at radius 2 is 1.89 bits per heavy atom. The van der Waals surface area contributed by atoms with Crippen molar-refractivity contribution in [3.8, 4) is 11.3 Å². The van der Waals surface area contributed by atoms with Crippen molar-refractivity contribution in [2.75, 3.05) is 17.2 Å². The van der Waals surface area contributed by atoms with Gasteiger partial charge in [0.25, 0.3) is 0 Å². The van der Waals surface area contributed by atoms with E-state index in [4.69, 9.17) is 0 Å². The van der Waals surface area contributed by atoms with E-state index in [1.807, 2.05) is 11.4 Å². The number of rotatable bonds is 5. The van der Waals surface area contributed by atoms with Gasteiger partial charge < -0.3 is 10.6 Å². The van der Waals surface area contributed by atoms with Gasteiger partial charge in [-0.2, -0.15) is 0 Å². The van der Waals surface area contributed by atoms with Gasteiger partial charge in [0.1, 0.15) is 0 Å². The predicted molar refractivity (Wildman–Crippen MR) is 97.3 cm³/mol. The van der Waals surface area contributed by atoms with Crippen LogP contribution in [0.4, 0.5) is 28.8 Å². The van der Waals surface area contributed by atoms with Crippen LogP contribution in [0.15, 0.2) is 42.0 Å². The zero-order valence-corrected chi connectivity index (χ0v) is 14.8. The fraction of sp³-hybridized carbons (Fsp3) is 0.0588. The normalized spacial score (nSPS) is 10.4. The van der Waals surface area contributed by atoms with Crippen LogP contribution >= 0.6 is 11.3 Å². The molecule has 28 heavy (non-hydrogen) atoms. The van der Waals surface area contributed by atoms with Crippen LogP contribution < -0.4 is 16.0 Å². The van der Waals surface area contributed by atoms with Crippen LogP contribution in [0.25, 0.3) is 11.3 Å². The largest absolute Gasteiger partial charge is 0.329 e.